The highest BCUT2D eigenvalue weighted by Gasteiger charge is 2.61. The predicted octanol–water partition coefficient (Wildman–Crippen LogP) is 9.51. The van der Waals surface area contributed by atoms with Gasteiger partial charge in [0.15, 0.2) is 11.5 Å². The topological polar surface area (TPSA) is 172 Å². The molecule has 0 aliphatic heterocycles. The number of aryl methyl sites for hydroxylation is 4. The molecule has 0 radical (unpaired) electrons. The third kappa shape index (κ3) is 14.8. The number of aliphatic hydroxyl groups excluding tert-OH is 1. The first-order valence-electron chi connectivity index (χ1n) is 22.3. The third-order valence-corrected chi connectivity index (χ3v) is 11.7. The van der Waals surface area contributed by atoms with Crippen molar-refractivity contribution in [1.82, 2.24) is 19.9 Å². The van der Waals surface area contributed by atoms with Crippen molar-refractivity contribution >= 4 is 12.3 Å². The van der Waals surface area contributed by atoms with Crippen molar-refractivity contribution < 1.29 is 61.0 Å². The number of aldehydes is 1. The van der Waals surface area contributed by atoms with Crippen LogP contribution >= 0.6 is 0 Å². The van der Waals surface area contributed by atoms with Gasteiger partial charge in [-0.1, -0.05) is 24.3 Å². The smallest absolute Gasteiger partial charge is 0.307 e. The van der Waals surface area contributed by atoms with Crippen molar-refractivity contribution in [2.45, 2.75) is 84.5 Å². The lowest BCUT2D eigenvalue weighted by atomic mass is 9.93. The summed E-state index contributed by atoms with van der Waals surface area (Å²) < 4.78 is 81.0. The predicted molar refractivity (Wildman–Crippen MR) is 252 cm³/mol. The third-order valence-electron chi connectivity index (χ3n) is 11.7. The Balaban J connectivity index is 0.000000184. The number of aliphatic hydroxyl groups is 1. The number of benzene rings is 4. The van der Waals surface area contributed by atoms with Gasteiger partial charge in [0.05, 0.1) is 76.5 Å². The van der Waals surface area contributed by atoms with Crippen LogP contribution in [0.2, 0.25) is 0 Å². The van der Waals surface area contributed by atoms with E-state index in [1.54, 1.807) is 48.1 Å². The molecule has 4 aromatic carbocycles. The molecule has 0 saturated heterocycles. The number of carboxylic acids is 1. The molecule has 2 N–H and O–H groups in total. The molecule has 2 aliphatic carbocycles. The van der Waals surface area contributed by atoms with Crippen LogP contribution in [0.4, 0.5) is 17.6 Å². The van der Waals surface area contributed by atoms with E-state index >= 15 is 0 Å². The Kier molecular flexibility index (Phi) is 18.9. The molecule has 2 saturated carbocycles. The van der Waals surface area contributed by atoms with Gasteiger partial charge in [0.2, 0.25) is 0 Å². The van der Waals surface area contributed by atoms with Gasteiger partial charge in [-0.25, -0.2) is 37.5 Å². The Hall–Kier alpha value is -6.98. The second-order valence-electron chi connectivity index (χ2n) is 17.2. The largest absolute Gasteiger partial charge is 0.497 e. The SMILES string of the molecule is COc1ccc(CO)cc1.COc1ccc(COC(C)C)cc1.Cc1ncc(OC[C@@]2(c3cc(F)cc(F)c3)C[C@H]2C(=O)O)c(C)n1.Cc1ncc(OC[C@@]2(c3cc(F)cc(F)c3)C[C@H]2C=O)c(C)n1. The molecule has 70 heavy (non-hydrogen) atoms. The molecule has 2 aliphatic rings. The van der Waals surface area contributed by atoms with Gasteiger partial charge in [-0.3, -0.25) is 4.79 Å². The molecular formula is C53H58F4N4O9. The van der Waals surface area contributed by atoms with Crippen LogP contribution in [0.5, 0.6) is 23.0 Å². The number of methoxy groups -OCH3 is 2. The zero-order valence-corrected chi connectivity index (χ0v) is 40.3. The zero-order valence-electron chi connectivity index (χ0n) is 40.3. The van der Waals surface area contributed by atoms with E-state index in [0.29, 0.717) is 53.1 Å². The van der Waals surface area contributed by atoms with Crippen LogP contribution in [0, 0.1) is 62.8 Å². The van der Waals surface area contributed by atoms with Gasteiger partial charge in [0, 0.05) is 28.9 Å². The van der Waals surface area contributed by atoms with E-state index in [9.17, 15) is 32.3 Å². The lowest BCUT2D eigenvalue weighted by Gasteiger charge is -2.19. The number of carbonyl (C=O) groups is 2. The van der Waals surface area contributed by atoms with Crippen LogP contribution in [0.25, 0.3) is 0 Å². The molecule has 4 atom stereocenters. The monoisotopic (exact) mass is 970 g/mol. The summed E-state index contributed by atoms with van der Waals surface area (Å²) in [6.07, 6.45) is 4.93. The minimum atomic E-state index is -1.01. The highest BCUT2D eigenvalue weighted by molar-refractivity contribution is 5.77. The summed E-state index contributed by atoms with van der Waals surface area (Å²) in [4.78, 5) is 39.1. The molecule has 0 unspecified atom stereocenters. The Morgan fingerprint density at radius 1 is 0.686 bits per heavy atom. The van der Waals surface area contributed by atoms with Crippen LogP contribution in [0.15, 0.2) is 97.3 Å². The first-order valence-corrected chi connectivity index (χ1v) is 22.3. The summed E-state index contributed by atoms with van der Waals surface area (Å²) >= 11 is 0. The molecule has 372 valence electrons. The van der Waals surface area contributed by atoms with E-state index in [1.807, 2.05) is 62.4 Å². The summed E-state index contributed by atoms with van der Waals surface area (Å²) in [6, 6.07) is 21.6. The van der Waals surface area contributed by atoms with Gasteiger partial charge < -0.3 is 38.7 Å². The minimum Gasteiger partial charge on any atom is -0.497 e. The standard InChI is InChI=1S/C17H16F2N2O3.C17H16F2N2O2.C11H16O2.C8H10O2/c1-9-15(7-20-10(2)21-9)24-8-17(6-14(17)16(22)23)11-3-12(18)5-13(19)4-11;1-10-16(7-20-11(2)21-10)23-9-17(6-13(17)8-22)12-3-14(18)5-15(19)4-12;1-9(2)13-8-10-4-6-11(12-3)7-5-10;1-10-8-4-2-7(6-9)3-5-8/h3-5,7,14H,6,8H2,1-2H3,(H,22,23);3-5,7-8,13H,6,9H2,1-2H3;4-7,9H,8H2,1-3H3;2-5,9H,6H2,1H3/t14-,17+;13-,17+;;/m00../s1. The molecule has 2 fully saturated rings. The van der Waals surface area contributed by atoms with Crippen LogP contribution in [-0.4, -0.2) is 75.9 Å². The van der Waals surface area contributed by atoms with Gasteiger partial charge >= 0.3 is 5.97 Å². The van der Waals surface area contributed by atoms with Gasteiger partial charge in [0.25, 0.3) is 0 Å². The quantitative estimate of drug-likeness (QED) is 0.0695. The molecule has 13 nitrogen and oxygen atoms in total. The minimum absolute atomic E-state index is 0.0138. The van der Waals surface area contributed by atoms with E-state index in [-0.39, 0.29) is 43.8 Å². The Bertz CT molecular complexity index is 2630. The van der Waals surface area contributed by atoms with Crippen molar-refractivity contribution in [3.05, 3.63) is 166 Å². The maximum atomic E-state index is 13.5. The molecule has 0 bridgehead atoms. The number of aromatic nitrogens is 4. The number of hydrogen-bond acceptors (Lipinski definition) is 12. The van der Waals surface area contributed by atoms with Crippen molar-refractivity contribution in [3.63, 3.8) is 0 Å². The zero-order chi connectivity index (χ0) is 51.2. The summed E-state index contributed by atoms with van der Waals surface area (Å²) in [5, 5.41) is 18.0. The van der Waals surface area contributed by atoms with E-state index in [2.05, 4.69) is 19.9 Å². The van der Waals surface area contributed by atoms with Crippen molar-refractivity contribution in [1.29, 1.82) is 0 Å². The van der Waals surface area contributed by atoms with E-state index < -0.39 is 46.0 Å². The summed E-state index contributed by atoms with van der Waals surface area (Å²) in [5.74, 6) is -1.02. The van der Waals surface area contributed by atoms with Crippen molar-refractivity contribution in [2.75, 3.05) is 27.4 Å². The van der Waals surface area contributed by atoms with Crippen molar-refractivity contribution in [3.8, 4) is 23.0 Å². The number of hydrogen-bond donors (Lipinski definition) is 2. The van der Waals surface area contributed by atoms with E-state index in [1.165, 1.54) is 23.9 Å². The molecule has 17 heteroatoms. The fourth-order valence-corrected chi connectivity index (χ4v) is 7.52. The van der Waals surface area contributed by atoms with Crippen molar-refractivity contribution in [2.24, 2.45) is 11.8 Å². The van der Waals surface area contributed by atoms with Crippen LogP contribution < -0.4 is 18.9 Å². The van der Waals surface area contributed by atoms with E-state index in [0.717, 1.165) is 47.6 Å². The Morgan fingerprint density at radius 2 is 1.11 bits per heavy atom. The molecule has 8 rings (SSSR count). The first kappa shape index (κ1) is 54.0. The van der Waals surface area contributed by atoms with Gasteiger partial charge in [0.1, 0.15) is 52.7 Å². The highest BCUT2D eigenvalue weighted by Crippen LogP contribution is 2.55. The lowest BCUT2D eigenvalue weighted by molar-refractivity contribution is -0.139. The average molecular weight is 971 g/mol. The second kappa shape index (κ2) is 24.5. The fraction of sp³-hybridized carbons (Fsp3) is 0.358. The summed E-state index contributed by atoms with van der Waals surface area (Å²) in [6.45, 7) is 12.0. The molecule has 6 aromatic rings. The number of aliphatic carboxylic acids is 1. The average Bonchev–Trinajstić information content (AvgIpc) is 4.25. The number of ether oxygens (including phenoxy) is 5. The molecule has 0 spiro atoms. The van der Waals surface area contributed by atoms with Gasteiger partial charge in [-0.2, -0.15) is 0 Å². The maximum Gasteiger partial charge on any atom is 0.307 e. The van der Waals surface area contributed by atoms with Crippen LogP contribution in [0.1, 0.15) is 72.0 Å². The van der Waals surface area contributed by atoms with Crippen LogP contribution in [0.3, 0.4) is 0 Å². The maximum absolute atomic E-state index is 13.5. The Labute approximate surface area is 404 Å². The number of rotatable bonds is 16. The van der Waals surface area contributed by atoms with Crippen LogP contribution in [-0.2, 0) is 38.4 Å². The second-order valence-corrected chi connectivity index (χ2v) is 17.2. The van der Waals surface area contributed by atoms with E-state index in [4.69, 9.17) is 28.8 Å². The highest BCUT2D eigenvalue weighted by atomic mass is 19.1. The normalized spacial score (nSPS) is 18.4. The van der Waals surface area contributed by atoms with Gasteiger partial charge in [-0.15, -0.1) is 0 Å². The number of nitrogens with zero attached hydrogens (tertiary/aromatic N) is 4. The number of carboxylic acid groups (broad SMARTS) is 1. The molecule has 2 heterocycles. The Morgan fingerprint density at radius 3 is 1.47 bits per heavy atom. The number of carbonyl (C=O) groups excluding carboxylic acids is 1. The fourth-order valence-electron chi connectivity index (χ4n) is 7.52. The lowest BCUT2D eigenvalue weighted by Crippen LogP contribution is -2.24. The number of halogens is 4. The van der Waals surface area contributed by atoms with Gasteiger partial charge in [-0.05, 0) is 125 Å². The summed E-state index contributed by atoms with van der Waals surface area (Å²) in [5.41, 5.74) is 2.47. The molecule has 0 amide bonds. The summed E-state index contributed by atoms with van der Waals surface area (Å²) in [7, 11) is 3.29. The molecular weight excluding hydrogens is 913 g/mol. The first-order chi connectivity index (χ1) is 33.3. The molecule has 2 aromatic heterocycles.